The van der Waals surface area contributed by atoms with Crippen molar-refractivity contribution in [3.63, 3.8) is 0 Å². The maximum Gasteiger partial charge on any atom is 0.139 e. The monoisotopic (exact) mass is 285 g/mol. The molecule has 0 aliphatic rings. The number of rotatable bonds is 4. The fourth-order valence-electron chi connectivity index (χ4n) is 2.30. The Morgan fingerprint density at radius 2 is 1.67 bits per heavy atom. The maximum atomic E-state index is 4.50. The van der Waals surface area contributed by atoms with Crippen molar-refractivity contribution in [2.24, 2.45) is 0 Å². The highest BCUT2D eigenvalue weighted by molar-refractivity contribution is 5.69. The van der Waals surface area contributed by atoms with E-state index in [-0.39, 0.29) is 0 Å². The van der Waals surface area contributed by atoms with Crippen molar-refractivity contribution in [2.75, 3.05) is 36.7 Å². The zero-order valence-corrected chi connectivity index (χ0v) is 13.6. The van der Waals surface area contributed by atoms with Gasteiger partial charge in [0.25, 0.3) is 0 Å². The SMILES string of the molecule is CNc1nc(C)nc(Nc2ccc(C)c(N(C)C)c2)c1C. The Hall–Kier alpha value is -2.30. The lowest BCUT2D eigenvalue weighted by Gasteiger charge is -2.18. The summed E-state index contributed by atoms with van der Waals surface area (Å²) in [7, 11) is 5.96. The minimum absolute atomic E-state index is 0.743. The molecule has 2 N–H and O–H groups in total. The number of anilines is 4. The predicted molar refractivity (Wildman–Crippen MR) is 89.8 cm³/mol. The van der Waals surface area contributed by atoms with Crippen LogP contribution in [0.3, 0.4) is 0 Å². The summed E-state index contributed by atoms with van der Waals surface area (Å²) in [6.45, 7) is 6.01. The van der Waals surface area contributed by atoms with E-state index in [4.69, 9.17) is 0 Å². The van der Waals surface area contributed by atoms with E-state index in [0.717, 1.165) is 28.7 Å². The molecule has 2 aromatic rings. The largest absolute Gasteiger partial charge is 0.377 e. The molecule has 0 spiro atoms. The van der Waals surface area contributed by atoms with E-state index >= 15 is 0 Å². The summed E-state index contributed by atoms with van der Waals surface area (Å²) in [6.07, 6.45) is 0. The third-order valence-electron chi connectivity index (χ3n) is 3.45. The molecule has 0 unspecified atom stereocenters. The van der Waals surface area contributed by atoms with Crippen LogP contribution in [-0.2, 0) is 0 Å². The number of nitrogens with one attached hydrogen (secondary N) is 2. The Morgan fingerprint density at radius 1 is 1.00 bits per heavy atom. The Morgan fingerprint density at radius 3 is 2.29 bits per heavy atom. The van der Waals surface area contributed by atoms with E-state index in [9.17, 15) is 0 Å². The molecular weight excluding hydrogens is 262 g/mol. The quantitative estimate of drug-likeness (QED) is 0.903. The van der Waals surface area contributed by atoms with Gasteiger partial charge in [-0.3, -0.25) is 0 Å². The first-order valence-electron chi connectivity index (χ1n) is 7.00. The molecule has 0 saturated heterocycles. The number of aryl methyl sites for hydroxylation is 2. The second kappa shape index (κ2) is 5.99. The molecule has 5 nitrogen and oxygen atoms in total. The van der Waals surface area contributed by atoms with Gasteiger partial charge in [0.15, 0.2) is 0 Å². The van der Waals surface area contributed by atoms with Crippen LogP contribution in [0.1, 0.15) is 17.0 Å². The number of hydrogen-bond acceptors (Lipinski definition) is 5. The van der Waals surface area contributed by atoms with E-state index in [1.54, 1.807) is 0 Å². The number of aromatic nitrogens is 2. The molecule has 0 saturated carbocycles. The summed E-state index contributed by atoms with van der Waals surface area (Å²) in [5, 5.41) is 6.49. The fraction of sp³-hybridized carbons (Fsp3) is 0.375. The molecule has 2 rings (SSSR count). The molecule has 0 bridgehead atoms. The summed E-state index contributed by atoms with van der Waals surface area (Å²) in [5.41, 5.74) is 4.47. The molecule has 0 radical (unpaired) electrons. The molecule has 0 fully saturated rings. The van der Waals surface area contributed by atoms with Crippen molar-refractivity contribution >= 4 is 23.0 Å². The Kier molecular flexibility index (Phi) is 4.31. The summed E-state index contributed by atoms with van der Waals surface area (Å²) >= 11 is 0. The van der Waals surface area contributed by atoms with Crippen LogP contribution in [0.2, 0.25) is 0 Å². The first-order chi connectivity index (χ1) is 9.92. The average Bonchev–Trinajstić information content (AvgIpc) is 2.44. The summed E-state index contributed by atoms with van der Waals surface area (Å²) < 4.78 is 0. The van der Waals surface area contributed by atoms with Crippen molar-refractivity contribution in [1.82, 2.24) is 9.97 Å². The smallest absolute Gasteiger partial charge is 0.139 e. The second-order valence-electron chi connectivity index (χ2n) is 5.36. The first kappa shape index (κ1) is 15.1. The van der Waals surface area contributed by atoms with Gasteiger partial charge in [-0.2, -0.15) is 0 Å². The normalized spacial score (nSPS) is 10.4. The minimum atomic E-state index is 0.743. The van der Waals surface area contributed by atoms with Crippen molar-refractivity contribution in [3.8, 4) is 0 Å². The van der Waals surface area contributed by atoms with Gasteiger partial charge in [0.05, 0.1) is 0 Å². The zero-order valence-electron chi connectivity index (χ0n) is 13.6. The van der Waals surface area contributed by atoms with Crippen molar-refractivity contribution in [2.45, 2.75) is 20.8 Å². The molecule has 1 aromatic carbocycles. The maximum absolute atomic E-state index is 4.50. The van der Waals surface area contributed by atoms with Gasteiger partial charge in [0.1, 0.15) is 17.5 Å². The van der Waals surface area contributed by atoms with Gasteiger partial charge in [0, 0.05) is 38.1 Å². The lowest BCUT2D eigenvalue weighted by molar-refractivity contribution is 1.03. The number of nitrogens with zero attached hydrogens (tertiary/aromatic N) is 3. The standard InChI is InChI=1S/C16H23N5/c1-10-7-8-13(9-14(10)21(5)6)20-16-11(2)15(17-4)18-12(3)19-16/h7-9H,1-6H3,(H2,17,18,19,20). The van der Waals surface area contributed by atoms with Crippen LogP contribution in [0.15, 0.2) is 18.2 Å². The first-order valence-corrected chi connectivity index (χ1v) is 7.00. The molecule has 21 heavy (non-hydrogen) atoms. The predicted octanol–water partition coefficient (Wildman–Crippen LogP) is 3.25. The van der Waals surface area contributed by atoms with Gasteiger partial charge in [-0.15, -0.1) is 0 Å². The van der Waals surface area contributed by atoms with Crippen LogP contribution in [-0.4, -0.2) is 31.1 Å². The van der Waals surface area contributed by atoms with Gasteiger partial charge in [-0.25, -0.2) is 9.97 Å². The third-order valence-corrected chi connectivity index (χ3v) is 3.45. The number of hydrogen-bond donors (Lipinski definition) is 2. The van der Waals surface area contributed by atoms with E-state index in [0.29, 0.717) is 0 Å². The number of benzene rings is 1. The van der Waals surface area contributed by atoms with E-state index < -0.39 is 0 Å². The van der Waals surface area contributed by atoms with Crippen LogP contribution >= 0.6 is 0 Å². The van der Waals surface area contributed by atoms with Crippen molar-refractivity contribution < 1.29 is 0 Å². The van der Waals surface area contributed by atoms with Gasteiger partial charge >= 0.3 is 0 Å². The van der Waals surface area contributed by atoms with Crippen LogP contribution in [0.4, 0.5) is 23.0 Å². The summed E-state index contributed by atoms with van der Waals surface area (Å²) in [6, 6.07) is 6.31. The fourth-order valence-corrected chi connectivity index (χ4v) is 2.30. The third kappa shape index (κ3) is 3.24. The Labute approximate surface area is 126 Å². The van der Waals surface area contributed by atoms with Crippen LogP contribution in [0.25, 0.3) is 0 Å². The van der Waals surface area contributed by atoms with Crippen molar-refractivity contribution in [3.05, 3.63) is 35.2 Å². The van der Waals surface area contributed by atoms with Gasteiger partial charge in [-0.1, -0.05) is 6.07 Å². The van der Waals surface area contributed by atoms with Crippen LogP contribution in [0, 0.1) is 20.8 Å². The molecule has 5 heteroatoms. The van der Waals surface area contributed by atoms with Gasteiger partial charge in [0.2, 0.25) is 0 Å². The molecule has 0 atom stereocenters. The van der Waals surface area contributed by atoms with Crippen molar-refractivity contribution in [1.29, 1.82) is 0 Å². The average molecular weight is 285 g/mol. The van der Waals surface area contributed by atoms with Crippen LogP contribution < -0.4 is 15.5 Å². The van der Waals surface area contributed by atoms with Gasteiger partial charge < -0.3 is 15.5 Å². The molecule has 0 aliphatic carbocycles. The van der Waals surface area contributed by atoms with Gasteiger partial charge in [-0.05, 0) is 38.5 Å². The van der Waals surface area contributed by atoms with E-state index in [1.807, 2.05) is 35.0 Å². The highest BCUT2D eigenvalue weighted by atomic mass is 15.1. The topological polar surface area (TPSA) is 53.1 Å². The molecule has 1 heterocycles. The molecule has 1 aromatic heterocycles. The van der Waals surface area contributed by atoms with Crippen LogP contribution in [0.5, 0.6) is 0 Å². The highest BCUT2D eigenvalue weighted by Gasteiger charge is 2.09. The van der Waals surface area contributed by atoms with E-state index in [2.05, 4.69) is 50.6 Å². The molecule has 0 aliphatic heterocycles. The van der Waals surface area contributed by atoms with E-state index in [1.165, 1.54) is 11.3 Å². The Bertz CT molecular complexity index is 649. The minimum Gasteiger partial charge on any atom is -0.377 e. The lowest BCUT2D eigenvalue weighted by atomic mass is 10.1. The Balaban J connectivity index is 2.39. The second-order valence-corrected chi connectivity index (χ2v) is 5.36. The molecule has 0 amide bonds. The highest BCUT2D eigenvalue weighted by Crippen LogP contribution is 2.27. The molecular formula is C16H23N5. The zero-order chi connectivity index (χ0) is 15.6. The summed E-state index contributed by atoms with van der Waals surface area (Å²) in [4.78, 5) is 11.0. The lowest BCUT2D eigenvalue weighted by Crippen LogP contribution is -2.11. The summed E-state index contributed by atoms with van der Waals surface area (Å²) in [5.74, 6) is 2.43. The molecule has 112 valence electrons.